The number of nitrogens with zero attached hydrogens (tertiary/aromatic N) is 4. The van der Waals surface area contributed by atoms with Gasteiger partial charge in [-0.15, -0.1) is 0 Å². The van der Waals surface area contributed by atoms with Gasteiger partial charge in [0.2, 0.25) is 5.91 Å². The van der Waals surface area contributed by atoms with E-state index in [1.54, 1.807) is 11.0 Å². The standard InChI is InChI=1S/C13H23N5O/c1-11(2)15-6-12-4-3-5-17(7-12)13(19)8-18-10-14-9-16-18/h9-12,15H,3-8H2,1-2H3. The van der Waals surface area contributed by atoms with Gasteiger partial charge in [-0.25, -0.2) is 9.67 Å². The van der Waals surface area contributed by atoms with Crippen LogP contribution in [-0.2, 0) is 11.3 Å². The Morgan fingerprint density at radius 1 is 1.53 bits per heavy atom. The van der Waals surface area contributed by atoms with Crippen molar-refractivity contribution in [3.8, 4) is 0 Å². The predicted octanol–water partition coefficient (Wildman–Crippen LogP) is 0.515. The van der Waals surface area contributed by atoms with Gasteiger partial charge in [-0.2, -0.15) is 5.10 Å². The summed E-state index contributed by atoms with van der Waals surface area (Å²) in [4.78, 5) is 18.0. The smallest absolute Gasteiger partial charge is 0.244 e. The maximum atomic E-state index is 12.2. The molecular formula is C13H23N5O. The Labute approximate surface area is 114 Å². The number of aromatic nitrogens is 3. The summed E-state index contributed by atoms with van der Waals surface area (Å²) in [5.74, 6) is 0.704. The molecule has 6 heteroatoms. The molecule has 0 saturated carbocycles. The zero-order chi connectivity index (χ0) is 13.7. The van der Waals surface area contributed by atoms with Crippen molar-refractivity contribution in [3.63, 3.8) is 0 Å². The van der Waals surface area contributed by atoms with Gasteiger partial charge in [0.05, 0.1) is 0 Å². The second-order valence-corrected chi connectivity index (χ2v) is 5.50. The lowest BCUT2D eigenvalue weighted by atomic mass is 9.97. The van der Waals surface area contributed by atoms with Crippen molar-refractivity contribution in [2.45, 2.75) is 39.3 Å². The first-order valence-corrected chi connectivity index (χ1v) is 6.98. The Morgan fingerprint density at radius 3 is 3.05 bits per heavy atom. The molecule has 6 nitrogen and oxygen atoms in total. The Morgan fingerprint density at radius 2 is 2.37 bits per heavy atom. The number of carbonyl (C=O) groups excluding carboxylic acids is 1. The Balaban J connectivity index is 1.81. The molecule has 1 N–H and O–H groups in total. The summed E-state index contributed by atoms with van der Waals surface area (Å²) in [6, 6.07) is 0.501. The lowest BCUT2D eigenvalue weighted by molar-refractivity contribution is -0.133. The Bertz CT molecular complexity index is 390. The molecule has 2 rings (SSSR count). The third kappa shape index (κ3) is 4.31. The van der Waals surface area contributed by atoms with Crippen molar-refractivity contribution in [2.24, 2.45) is 5.92 Å². The second kappa shape index (κ2) is 6.65. The van der Waals surface area contributed by atoms with Crippen LogP contribution in [0.4, 0.5) is 0 Å². The summed E-state index contributed by atoms with van der Waals surface area (Å²) >= 11 is 0. The van der Waals surface area contributed by atoms with E-state index in [2.05, 4.69) is 29.2 Å². The van der Waals surface area contributed by atoms with Crippen LogP contribution in [-0.4, -0.2) is 51.2 Å². The minimum Gasteiger partial charge on any atom is -0.341 e. The van der Waals surface area contributed by atoms with Gasteiger partial charge in [0.25, 0.3) is 0 Å². The molecule has 0 aromatic carbocycles. The van der Waals surface area contributed by atoms with Crippen LogP contribution < -0.4 is 5.32 Å². The van der Waals surface area contributed by atoms with Gasteiger partial charge in [0.15, 0.2) is 0 Å². The maximum Gasteiger partial charge on any atom is 0.244 e. The molecule has 1 saturated heterocycles. The number of likely N-dealkylation sites (tertiary alicyclic amines) is 1. The molecule has 1 aliphatic heterocycles. The highest BCUT2D eigenvalue weighted by molar-refractivity contribution is 5.75. The minimum atomic E-state index is 0.139. The van der Waals surface area contributed by atoms with E-state index in [-0.39, 0.29) is 5.91 Å². The molecule has 1 aromatic heterocycles. The Hall–Kier alpha value is -1.43. The van der Waals surface area contributed by atoms with Gasteiger partial charge >= 0.3 is 0 Å². The van der Waals surface area contributed by atoms with Crippen molar-refractivity contribution in [3.05, 3.63) is 12.7 Å². The lowest BCUT2D eigenvalue weighted by Gasteiger charge is -2.33. The maximum absolute atomic E-state index is 12.2. The van der Waals surface area contributed by atoms with Gasteiger partial charge < -0.3 is 10.2 Å². The highest BCUT2D eigenvalue weighted by Gasteiger charge is 2.23. The number of nitrogens with one attached hydrogen (secondary N) is 1. The number of hydrogen-bond acceptors (Lipinski definition) is 4. The van der Waals surface area contributed by atoms with E-state index < -0.39 is 0 Å². The van der Waals surface area contributed by atoms with E-state index in [9.17, 15) is 4.79 Å². The summed E-state index contributed by atoms with van der Waals surface area (Å²) in [6.45, 7) is 7.31. The van der Waals surface area contributed by atoms with E-state index in [4.69, 9.17) is 0 Å². The third-order valence-corrected chi connectivity index (χ3v) is 3.45. The van der Waals surface area contributed by atoms with Crippen molar-refractivity contribution in [1.29, 1.82) is 0 Å². The van der Waals surface area contributed by atoms with E-state index in [1.165, 1.54) is 12.7 Å². The molecule has 0 aliphatic carbocycles. The van der Waals surface area contributed by atoms with Crippen molar-refractivity contribution >= 4 is 5.91 Å². The number of hydrogen-bond donors (Lipinski definition) is 1. The molecule has 106 valence electrons. The van der Waals surface area contributed by atoms with Gasteiger partial charge in [-0.05, 0) is 25.3 Å². The van der Waals surface area contributed by atoms with E-state index in [0.717, 1.165) is 26.1 Å². The van der Waals surface area contributed by atoms with Crippen molar-refractivity contribution < 1.29 is 4.79 Å². The van der Waals surface area contributed by atoms with E-state index >= 15 is 0 Å². The first-order valence-electron chi connectivity index (χ1n) is 6.98. The van der Waals surface area contributed by atoms with Gasteiger partial charge in [0, 0.05) is 19.1 Å². The van der Waals surface area contributed by atoms with Crippen LogP contribution >= 0.6 is 0 Å². The normalized spacial score (nSPS) is 19.9. The highest BCUT2D eigenvalue weighted by Crippen LogP contribution is 2.16. The molecule has 1 unspecified atom stereocenters. The van der Waals surface area contributed by atoms with Crippen LogP contribution in [0.1, 0.15) is 26.7 Å². The first-order chi connectivity index (χ1) is 9.15. The van der Waals surface area contributed by atoms with Crippen LogP contribution in [0.25, 0.3) is 0 Å². The average Bonchev–Trinajstić information content (AvgIpc) is 2.89. The molecule has 0 radical (unpaired) electrons. The molecular weight excluding hydrogens is 242 g/mol. The van der Waals surface area contributed by atoms with Crippen LogP contribution in [0, 0.1) is 5.92 Å². The molecule has 1 aromatic rings. The van der Waals surface area contributed by atoms with Crippen molar-refractivity contribution in [2.75, 3.05) is 19.6 Å². The Kier molecular flexibility index (Phi) is 4.90. The lowest BCUT2D eigenvalue weighted by Crippen LogP contribution is -2.44. The summed E-state index contributed by atoms with van der Waals surface area (Å²) in [5.41, 5.74) is 0. The van der Waals surface area contributed by atoms with E-state index in [0.29, 0.717) is 18.5 Å². The fourth-order valence-corrected chi connectivity index (χ4v) is 2.41. The number of rotatable bonds is 5. The number of piperidine rings is 1. The van der Waals surface area contributed by atoms with Crippen LogP contribution in [0.5, 0.6) is 0 Å². The molecule has 1 fully saturated rings. The summed E-state index contributed by atoms with van der Waals surface area (Å²) in [5, 5.41) is 7.43. The second-order valence-electron chi connectivity index (χ2n) is 5.50. The summed E-state index contributed by atoms with van der Waals surface area (Å²) in [7, 11) is 0. The van der Waals surface area contributed by atoms with Gasteiger partial charge in [-0.1, -0.05) is 13.8 Å². The fraction of sp³-hybridized carbons (Fsp3) is 0.769. The largest absolute Gasteiger partial charge is 0.341 e. The fourth-order valence-electron chi connectivity index (χ4n) is 2.41. The van der Waals surface area contributed by atoms with Crippen LogP contribution in [0.2, 0.25) is 0 Å². The topological polar surface area (TPSA) is 63.1 Å². The van der Waals surface area contributed by atoms with Gasteiger partial charge in [-0.3, -0.25) is 4.79 Å². The van der Waals surface area contributed by atoms with Crippen molar-refractivity contribution in [1.82, 2.24) is 25.0 Å². The zero-order valence-corrected chi connectivity index (χ0v) is 11.7. The molecule has 1 aliphatic rings. The molecule has 2 heterocycles. The average molecular weight is 265 g/mol. The summed E-state index contributed by atoms with van der Waals surface area (Å²) < 4.78 is 1.58. The SMILES string of the molecule is CC(C)NCC1CCCN(C(=O)Cn2cncn2)C1. The van der Waals surface area contributed by atoms with Crippen LogP contribution in [0.3, 0.4) is 0 Å². The minimum absolute atomic E-state index is 0.139. The molecule has 0 spiro atoms. The van der Waals surface area contributed by atoms with Crippen LogP contribution in [0.15, 0.2) is 12.7 Å². The number of carbonyl (C=O) groups is 1. The molecule has 19 heavy (non-hydrogen) atoms. The molecule has 0 bridgehead atoms. The highest BCUT2D eigenvalue weighted by atomic mass is 16.2. The predicted molar refractivity (Wildman–Crippen MR) is 72.5 cm³/mol. The third-order valence-electron chi connectivity index (χ3n) is 3.45. The zero-order valence-electron chi connectivity index (χ0n) is 11.7. The first kappa shape index (κ1) is 14.0. The van der Waals surface area contributed by atoms with Gasteiger partial charge in [0.1, 0.15) is 19.2 Å². The van der Waals surface area contributed by atoms with E-state index in [1.807, 2.05) is 4.90 Å². The molecule has 1 atom stereocenters. The monoisotopic (exact) mass is 265 g/mol. The number of amides is 1. The summed E-state index contributed by atoms with van der Waals surface area (Å²) in [6.07, 6.45) is 5.33. The molecule has 1 amide bonds. The quantitative estimate of drug-likeness (QED) is 0.843.